The summed E-state index contributed by atoms with van der Waals surface area (Å²) < 4.78 is 5.47. The summed E-state index contributed by atoms with van der Waals surface area (Å²) in [5.41, 5.74) is 0.414. The topological polar surface area (TPSA) is 108 Å². The maximum Gasteiger partial charge on any atom is 0.313 e. The number of hydrogen-bond acceptors (Lipinski definition) is 6. The molecule has 3 rings (SSSR count). The van der Waals surface area contributed by atoms with Crippen LogP contribution in [0.5, 0.6) is 11.5 Å². The van der Waals surface area contributed by atoms with Crippen LogP contribution in [0.2, 0.25) is 0 Å². The first kappa shape index (κ1) is 16.3. The number of carbonyl (C=O) groups excluding carboxylic acids is 2. The van der Waals surface area contributed by atoms with Gasteiger partial charge in [-0.05, 0) is 43.5 Å². The molecule has 7 nitrogen and oxygen atoms in total. The summed E-state index contributed by atoms with van der Waals surface area (Å²) in [5.74, 6) is -1.32. The Morgan fingerprint density at radius 2 is 1.96 bits per heavy atom. The molecule has 1 aromatic rings. The zero-order chi connectivity index (χ0) is 17.8. The summed E-state index contributed by atoms with van der Waals surface area (Å²) in [5, 5.41) is 22.6. The molecule has 1 aromatic carbocycles. The van der Waals surface area contributed by atoms with Crippen LogP contribution >= 0.6 is 0 Å². The number of carbonyl (C=O) groups is 2. The van der Waals surface area contributed by atoms with Crippen molar-refractivity contribution in [2.75, 3.05) is 0 Å². The number of benzene rings is 1. The zero-order valence-electron chi connectivity index (χ0n) is 13.8. The van der Waals surface area contributed by atoms with Crippen LogP contribution in [-0.4, -0.2) is 33.9 Å². The van der Waals surface area contributed by atoms with Crippen molar-refractivity contribution in [3.05, 3.63) is 23.8 Å². The highest BCUT2D eigenvalue weighted by Gasteiger charge is 2.75. The van der Waals surface area contributed by atoms with Gasteiger partial charge in [0, 0.05) is 5.41 Å². The Kier molecular flexibility index (Phi) is 3.37. The lowest BCUT2D eigenvalue weighted by atomic mass is 9.66. The number of nitrogens with zero attached hydrogens (tertiary/aromatic N) is 1. The molecule has 1 aliphatic heterocycles. The molecule has 1 saturated carbocycles. The van der Waals surface area contributed by atoms with Crippen molar-refractivity contribution in [1.82, 2.24) is 5.43 Å². The van der Waals surface area contributed by atoms with Gasteiger partial charge in [-0.15, -0.1) is 0 Å². The fraction of sp³-hybridized carbons (Fsp3) is 0.471. The molecule has 1 aliphatic carbocycles. The number of rotatable bonds is 3. The minimum Gasteiger partial charge on any atom is -0.504 e. The molecule has 1 heterocycles. The highest BCUT2D eigenvalue weighted by molar-refractivity contribution is 5.96. The number of hydrogen-bond donors (Lipinski definition) is 3. The van der Waals surface area contributed by atoms with Gasteiger partial charge in [-0.25, -0.2) is 5.43 Å². The second kappa shape index (κ2) is 4.96. The average Bonchev–Trinajstić information content (AvgIpc) is 2.81. The molecule has 2 bridgehead atoms. The van der Waals surface area contributed by atoms with E-state index in [1.807, 2.05) is 20.8 Å². The Morgan fingerprint density at radius 1 is 1.25 bits per heavy atom. The van der Waals surface area contributed by atoms with Gasteiger partial charge < -0.3 is 14.9 Å². The first-order valence-corrected chi connectivity index (χ1v) is 7.73. The second-order valence-electron chi connectivity index (χ2n) is 7.12. The molecule has 1 amide bonds. The smallest absolute Gasteiger partial charge is 0.313 e. The minimum atomic E-state index is -1.22. The van der Waals surface area contributed by atoms with Crippen molar-refractivity contribution in [3.8, 4) is 11.5 Å². The predicted octanol–water partition coefficient (Wildman–Crippen LogP) is 1.67. The molecule has 2 atom stereocenters. The maximum atomic E-state index is 12.6. The van der Waals surface area contributed by atoms with Crippen molar-refractivity contribution in [2.24, 2.45) is 15.9 Å². The maximum absolute atomic E-state index is 12.6. The zero-order valence-corrected chi connectivity index (χ0v) is 13.8. The molecule has 2 unspecified atom stereocenters. The van der Waals surface area contributed by atoms with Crippen molar-refractivity contribution >= 4 is 18.1 Å². The van der Waals surface area contributed by atoms with Gasteiger partial charge in [-0.1, -0.05) is 13.8 Å². The quantitative estimate of drug-likeness (QED) is 0.338. The van der Waals surface area contributed by atoms with Crippen LogP contribution in [0.1, 0.15) is 39.2 Å². The van der Waals surface area contributed by atoms with Crippen molar-refractivity contribution in [1.29, 1.82) is 0 Å². The molecular weight excluding hydrogens is 312 g/mol. The first-order chi connectivity index (χ1) is 11.1. The van der Waals surface area contributed by atoms with Crippen LogP contribution < -0.4 is 5.43 Å². The summed E-state index contributed by atoms with van der Waals surface area (Å²) in [6.07, 6.45) is 2.40. The van der Waals surface area contributed by atoms with Gasteiger partial charge in [-0.2, -0.15) is 5.10 Å². The molecule has 0 spiro atoms. The summed E-state index contributed by atoms with van der Waals surface area (Å²) >= 11 is 0. The summed E-state index contributed by atoms with van der Waals surface area (Å²) in [6.45, 7) is 5.57. The van der Waals surface area contributed by atoms with Crippen LogP contribution in [0.3, 0.4) is 0 Å². The second-order valence-corrected chi connectivity index (χ2v) is 7.12. The number of hydrazone groups is 1. The fourth-order valence-corrected chi connectivity index (χ4v) is 3.62. The van der Waals surface area contributed by atoms with E-state index in [0.29, 0.717) is 18.4 Å². The first-order valence-electron chi connectivity index (χ1n) is 7.73. The standard InChI is InChI=1S/C17H20N2O5/c1-15(2)16(3)6-7-17(15,24-14(16)23)13(22)19-18-9-10-4-5-11(20)12(21)8-10/h4-5,8-9,20-21H,6-7H2,1-3H3,(H,19,22)/b18-9+. The van der Waals surface area contributed by atoms with Gasteiger partial charge in [0.05, 0.1) is 11.6 Å². The van der Waals surface area contributed by atoms with E-state index in [0.717, 1.165) is 0 Å². The summed E-state index contributed by atoms with van der Waals surface area (Å²) in [4.78, 5) is 24.8. The molecule has 2 fully saturated rings. The number of phenolic OH excluding ortho intramolecular Hbond substituents is 2. The Bertz CT molecular complexity index is 757. The van der Waals surface area contributed by atoms with E-state index >= 15 is 0 Å². The van der Waals surface area contributed by atoms with Gasteiger partial charge in [0.1, 0.15) is 0 Å². The number of nitrogens with one attached hydrogen (secondary N) is 1. The SMILES string of the molecule is CC12CCC(C(=O)N/N=C/c3ccc(O)c(O)c3)(OC1=O)C2(C)C. The third-order valence-electron chi connectivity index (χ3n) is 5.83. The number of esters is 1. The highest BCUT2D eigenvalue weighted by Crippen LogP contribution is 2.65. The number of phenols is 2. The predicted molar refractivity (Wildman–Crippen MR) is 85.5 cm³/mol. The number of fused-ring (bicyclic) bond motifs is 2. The molecule has 128 valence electrons. The van der Waals surface area contributed by atoms with Crippen LogP contribution in [0.25, 0.3) is 0 Å². The molecule has 2 aliphatic rings. The summed E-state index contributed by atoms with van der Waals surface area (Å²) in [7, 11) is 0. The van der Waals surface area contributed by atoms with E-state index in [-0.39, 0.29) is 17.5 Å². The van der Waals surface area contributed by atoms with Crippen LogP contribution in [-0.2, 0) is 14.3 Å². The van der Waals surface area contributed by atoms with Gasteiger partial charge in [0.15, 0.2) is 17.1 Å². The summed E-state index contributed by atoms with van der Waals surface area (Å²) in [6, 6.07) is 4.17. The molecule has 7 heteroatoms. The van der Waals surface area contributed by atoms with E-state index < -0.39 is 22.3 Å². The molecule has 24 heavy (non-hydrogen) atoms. The Labute approximate surface area is 139 Å². The largest absolute Gasteiger partial charge is 0.504 e. The van der Waals surface area contributed by atoms with E-state index in [4.69, 9.17) is 4.74 Å². The van der Waals surface area contributed by atoms with E-state index in [1.54, 1.807) is 0 Å². The van der Waals surface area contributed by atoms with Crippen LogP contribution in [0.15, 0.2) is 23.3 Å². The number of amides is 1. The lowest BCUT2D eigenvalue weighted by molar-refractivity contribution is -0.168. The van der Waals surface area contributed by atoms with Gasteiger partial charge >= 0.3 is 5.97 Å². The van der Waals surface area contributed by atoms with Gasteiger partial charge in [0.2, 0.25) is 0 Å². The molecular formula is C17H20N2O5. The molecule has 3 N–H and O–H groups in total. The molecule has 0 radical (unpaired) electrons. The van der Waals surface area contributed by atoms with Crippen molar-refractivity contribution in [2.45, 2.75) is 39.2 Å². The van der Waals surface area contributed by atoms with Crippen LogP contribution in [0, 0.1) is 10.8 Å². The van der Waals surface area contributed by atoms with Crippen molar-refractivity contribution in [3.63, 3.8) is 0 Å². The number of ether oxygens (including phenoxy) is 1. The van der Waals surface area contributed by atoms with Crippen LogP contribution in [0.4, 0.5) is 0 Å². The normalized spacial score (nSPS) is 30.5. The number of aromatic hydroxyl groups is 2. The van der Waals surface area contributed by atoms with Gasteiger partial charge in [-0.3, -0.25) is 9.59 Å². The minimum absolute atomic E-state index is 0.236. The Balaban J connectivity index is 1.77. The third-order valence-corrected chi connectivity index (χ3v) is 5.83. The Morgan fingerprint density at radius 3 is 2.50 bits per heavy atom. The third kappa shape index (κ3) is 1.93. The molecule has 1 saturated heterocycles. The van der Waals surface area contributed by atoms with Crippen molar-refractivity contribution < 1.29 is 24.5 Å². The highest BCUT2D eigenvalue weighted by atomic mass is 16.6. The Hall–Kier alpha value is -2.57. The monoisotopic (exact) mass is 332 g/mol. The average molecular weight is 332 g/mol. The van der Waals surface area contributed by atoms with E-state index in [9.17, 15) is 19.8 Å². The lowest BCUT2D eigenvalue weighted by Gasteiger charge is -2.34. The van der Waals surface area contributed by atoms with E-state index in [1.165, 1.54) is 24.4 Å². The van der Waals surface area contributed by atoms with E-state index in [2.05, 4.69) is 10.5 Å². The molecule has 0 aromatic heterocycles. The van der Waals surface area contributed by atoms with Gasteiger partial charge in [0.25, 0.3) is 5.91 Å². The fourth-order valence-electron chi connectivity index (χ4n) is 3.62. The lowest BCUT2D eigenvalue weighted by Crippen LogP contribution is -2.52.